The molecule has 0 heterocycles. The molecule has 0 aromatic carbocycles. The first-order valence-electron chi connectivity index (χ1n) is 4.43. The molecule has 13 atom stereocenters. The molecule has 0 saturated heterocycles. The molecule has 0 fully saturated rings. The number of rotatable bonds is 8. The highest BCUT2D eigenvalue weighted by atomic mass is 33.3. The molecule has 18 heavy (non-hydrogen) atoms. The minimum atomic E-state index is -0.550. The SMILES string of the molecule is [3H]P(P(P(P)P)P(P)P)P(P(P)P)P(PP)P(P)P. The van der Waals surface area contributed by atoms with Crippen molar-refractivity contribution in [3.8, 4) is 0 Å². The van der Waals surface area contributed by atoms with Gasteiger partial charge in [0.25, 0.3) is 0 Å². The molecule has 0 aliphatic rings. The average molecular weight is 580 g/mol. The van der Waals surface area contributed by atoms with Gasteiger partial charge < -0.3 is 0 Å². The molecule has 0 aromatic heterocycles. The normalized spacial score (nSPS) is 19.6. The van der Waals surface area contributed by atoms with Crippen molar-refractivity contribution in [2.45, 2.75) is 0 Å². The Morgan fingerprint density at radius 1 is 0.611 bits per heavy atom. The number of hydrogen-bond acceptors (Lipinski definition) is 0. The molecule has 0 amide bonds. The highest BCUT2D eigenvalue weighted by molar-refractivity contribution is 9.26. The molecule has 13 unspecified atom stereocenters. The van der Waals surface area contributed by atoms with Gasteiger partial charge in [0.1, 0.15) is 0 Å². The molecule has 0 N–H and O–H groups in total. The van der Waals surface area contributed by atoms with E-state index < -0.39 is 7.90 Å². The monoisotopic (exact) mass is 580 g/mol. The first-order valence-corrected chi connectivity index (χ1v) is 35.8. The van der Waals surface area contributed by atoms with E-state index in [1.54, 1.807) is 0 Å². The molecule has 0 saturated carbocycles. The molecule has 0 spiro atoms. The van der Waals surface area contributed by atoms with E-state index in [0.29, 0.717) is 0 Å². The van der Waals surface area contributed by atoms with Gasteiger partial charge in [-0.1, -0.05) is 7.96 Å². The van der Waals surface area contributed by atoms with Crippen LogP contribution in [-0.4, -0.2) is 1.28 Å². The smallest absolute Gasteiger partial charge is 0.0690 e. The van der Waals surface area contributed by atoms with Crippen molar-refractivity contribution in [3.05, 3.63) is 0 Å². The van der Waals surface area contributed by atoms with Crippen LogP contribution in [0.4, 0.5) is 0 Å². The zero-order valence-corrected chi connectivity index (χ0v) is 27.8. The molecule has 0 radical (unpaired) electrons. The van der Waals surface area contributed by atoms with Gasteiger partial charge in [-0.3, -0.25) is 0 Å². The van der Waals surface area contributed by atoms with Gasteiger partial charge >= 0.3 is 0 Å². The van der Waals surface area contributed by atoms with E-state index in [0.717, 1.165) is 7.96 Å². The zero-order valence-electron chi connectivity index (χ0n) is 10.3. The Balaban J connectivity index is 5.26. The van der Waals surface area contributed by atoms with Crippen LogP contribution in [0.15, 0.2) is 0 Å². The van der Waals surface area contributed by atoms with E-state index in [4.69, 9.17) is 1.28 Å². The number of hydrogen-bond donors (Lipinski definition) is 0. The first-order chi connectivity index (χ1) is 8.64. The van der Waals surface area contributed by atoms with Crippen LogP contribution < -0.4 is 0 Å². The van der Waals surface area contributed by atoms with E-state index in [2.05, 4.69) is 80.4 Å². The van der Waals surface area contributed by atoms with Crippen LogP contribution in [0.1, 0.15) is 0 Å². The summed E-state index contributed by atoms with van der Waals surface area (Å²) in [5, 5.41) is 0. The molecule has 0 bridgehead atoms. The Morgan fingerprint density at radius 3 is 1.17 bits per heavy atom. The van der Waals surface area contributed by atoms with E-state index in [1.165, 1.54) is 0 Å². The van der Waals surface area contributed by atoms with Gasteiger partial charge in [0, 0.05) is 0 Å². The maximum atomic E-state index is 9.00. The summed E-state index contributed by atoms with van der Waals surface area (Å²) >= 11 is 0. The predicted molar refractivity (Wildman–Crippen MR) is 152 cm³/mol. The second-order valence-electron chi connectivity index (χ2n) is 2.56. The van der Waals surface area contributed by atoms with Crippen LogP contribution in [0.5, 0.6) is 0 Å². The van der Waals surface area contributed by atoms with Crippen LogP contribution >= 0.6 is 145 Å². The third-order valence-electron chi connectivity index (χ3n) is 1.28. The van der Waals surface area contributed by atoms with E-state index in [-0.39, 0.29) is 48.9 Å². The van der Waals surface area contributed by atoms with Gasteiger partial charge in [-0.25, -0.2) is 0 Å². The fourth-order valence-corrected chi connectivity index (χ4v) is 164. The minimum Gasteiger partial charge on any atom is -0.109 e. The summed E-state index contributed by atoms with van der Waals surface area (Å²) in [6.07, 6.45) is 0. The Hall–Kier alpha value is 7.74. The first kappa shape index (κ1) is 23.8. The molecule has 0 aliphatic heterocycles. The van der Waals surface area contributed by atoms with Gasteiger partial charge in [0.05, 0.1) is 1.28 Å². The lowest BCUT2D eigenvalue weighted by Crippen LogP contribution is -1.47. The van der Waals surface area contributed by atoms with Gasteiger partial charge in [-0.2, -0.15) is 0 Å². The fourth-order valence-electron chi connectivity index (χ4n) is 0.676. The average Bonchev–Trinajstić information content (AvgIpc) is 2.22. The van der Waals surface area contributed by atoms with E-state index >= 15 is 0 Å². The van der Waals surface area contributed by atoms with Crippen LogP contribution in [-0.2, 0) is 0 Å². The largest absolute Gasteiger partial charge is 0.109 e. The Kier molecular flexibility index (Phi) is 19.5. The Bertz CT molecular complexity index is 222. The van der Waals surface area contributed by atoms with Crippen molar-refractivity contribution in [1.29, 1.82) is 1.28 Å². The van der Waals surface area contributed by atoms with Crippen LogP contribution in [0.3, 0.4) is 0 Å². The molecule has 0 aliphatic carbocycles. The van der Waals surface area contributed by atoms with Gasteiger partial charge in [0.15, 0.2) is 0 Å². The second-order valence-corrected chi connectivity index (χ2v) is 69.2. The topological polar surface area (TPSA) is 0 Å². The summed E-state index contributed by atoms with van der Waals surface area (Å²) in [7, 11) is 27.6. The van der Waals surface area contributed by atoms with Crippen LogP contribution in [0.2, 0.25) is 0 Å². The second kappa shape index (κ2) is 14.8. The third kappa shape index (κ3) is 10.8. The lowest BCUT2D eigenvalue weighted by atomic mass is 28.6. The lowest BCUT2D eigenvalue weighted by Gasteiger charge is -2.37. The molecular formula is H20P18. The van der Waals surface area contributed by atoms with Gasteiger partial charge in [-0.15, -0.1) is 80.4 Å². The van der Waals surface area contributed by atoms with Crippen molar-refractivity contribution < 1.29 is 0 Å². The third-order valence-corrected chi connectivity index (χ3v) is 104. The Labute approximate surface area is 145 Å². The molecule has 0 aromatic rings. The lowest BCUT2D eigenvalue weighted by molar-refractivity contribution is 4.59. The molecule has 110 valence electrons. The molecule has 18 heteroatoms. The van der Waals surface area contributed by atoms with Crippen molar-refractivity contribution in [3.63, 3.8) is 0 Å². The van der Waals surface area contributed by atoms with Crippen LogP contribution in [0, 0.1) is 0 Å². The summed E-state index contributed by atoms with van der Waals surface area (Å²) in [5.41, 5.74) is 0. The quantitative estimate of drug-likeness (QED) is 0.251. The van der Waals surface area contributed by atoms with Crippen molar-refractivity contribution in [1.82, 2.24) is 0 Å². The molecule has 0 rings (SSSR count). The maximum absolute atomic E-state index is 9.00. The maximum Gasteiger partial charge on any atom is 0.0690 e. The fraction of sp³-hybridized carbons (Fsp3) is 0. The van der Waals surface area contributed by atoms with Gasteiger partial charge in [-0.05, 0) is 56.8 Å². The van der Waals surface area contributed by atoms with Crippen molar-refractivity contribution in [2.75, 3.05) is 0 Å². The summed E-state index contributed by atoms with van der Waals surface area (Å²) in [4.78, 5) is 0. The van der Waals surface area contributed by atoms with E-state index in [1.807, 2.05) is 0 Å². The Morgan fingerprint density at radius 2 is 0.944 bits per heavy atom. The highest BCUT2D eigenvalue weighted by Crippen LogP contribution is 3.20. The summed E-state index contributed by atoms with van der Waals surface area (Å²) < 4.78 is 9.00. The van der Waals surface area contributed by atoms with Crippen LogP contribution in [0.25, 0.3) is 0 Å². The van der Waals surface area contributed by atoms with Crippen molar-refractivity contribution >= 4 is 145 Å². The summed E-state index contributed by atoms with van der Waals surface area (Å²) in [6, 6.07) is 0. The molecular weight excluding hydrogens is 558 g/mol. The highest BCUT2D eigenvalue weighted by Gasteiger charge is 2.31. The predicted octanol–water partition coefficient (Wildman–Crippen LogP) is 10.1. The van der Waals surface area contributed by atoms with Gasteiger partial charge in [0.2, 0.25) is 0 Å². The minimum absolute atomic E-state index is 0.0298. The van der Waals surface area contributed by atoms with E-state index in [9.17, 15) is 0 Å². The zero-order chi connectivity index (χ0) is 15.3. The summed E-state index contributed by atoms with van der Waals surface area (Å²) in [6.45, 7) is -0.591. The molecule has 0 nitrogen and oxygen atoms in total. The summed E-state index contributed by atoms with van der Waals surface area (Å²) in [5.74, 6) is 0. The standard InChI is InChI=1S/H20P18/c1-10-16(12(2)3)18(15(8)9)11-17(13(4)5)14(6)7/h10-11H,1-9H2/i11T. The van der Waals surface area contributed by atoms with Crippen molar-refractivity contribution in [2.24, 2.45) is 0 Å².